The highest BCUT2D eigenvalue weighted by molar-refractivity contribution is 6.32. The van der Waals surface area contributed by atoms with Crippen LogP contribution in [0.4, 0.5) is 5.69 Å². The molecule has 0 aliphatic heterocycles. The van der Waals surface area contributed by atoms with Gasteiger partial charge >= 0.3 is 0 Å². The third-order valence-electron chi connectivity index (χ3n) is 2.88. The van der Waals surface area contributed by atoms with Crippen LogP contribution < -0.4 is 10.1 Å². The van der Waals surface area contributed by atoms with Gasteiger partial charge in [-0.3, -0.25) is 9.69 Å². The second-order valence-corrected chi connectivity index (χ2v) is 5.08. The van der Waals surface area contributed by atoms with E-state index in [0.29, 0.717) is 23.0 Å². The van der Waals surface area contributed by atoms with Gasteiger partial charge in [-0.15, -0.1) is 0 Å². The van der Waals surface area contributed by atoms with Crippen molar-refractivity contribution in [1.29, 1.82) is 0 Å². The Morgan fingerprint density at radius 2 is 1.95 bits per heavy atom. The van der Waals surface area contributed by atoms with Crippen LogP contribution in [-0.4, -0.2) is 37.6 Å². The quantitative estimate of drug-likeness (QED) is 0.799. The molecule has 1 amide bonds. The summed E-state index contributed by atoms with van der Waals surface area (Å²) in [5.41, 5.74) is 0.689. The fourth-order valence-corrected chi connectivity index (χ4v) is 2.31. The molecule has 1 aromatic carbocycles. The lowest BCUT2D eigenvalue weighted by molar-refractivity contribution is -0.117. The molecule has 0 bridgehead atoms. The number of halogens is 1. The maximum Gasteiger partial charge on any atom is 0.238 e. The minimum Gasteiger partial charge on any atom is -0.495 e. The van der Waals surface area contributed by atoms with Crippen LogP contribution in [0, 0.1) is 0 Å². The Labute approximate surface area is 126 Å². The zero-order chi connectivity index (χ0) is 15.0. The van der Waals surface area contributed by atoms with Gasteiger partial charge in [-0.05, 0) is 44.1 Å². The molecule has 0 spiro atoms. The molecular formula is C15H23ClN2O2. The molecule has 20 heavy (non-hydrogen) atoms. The van der Waals surface area contributed by atoms with Gasteiger partial charge in [-0.25, -0.2) is 0 Å². The van der Waals surface area contributed by atoms with Crippen LogP contribution in [0.15, 0.2) is 18.2 Å². The van der Waals surface area contributed by atoms with E-state index in [4.69, 9.17) is 16.3 Å². The molecule has 0 aliphatic rings. The summed E-state index contributed by atoms with van der Waals surface area (Å²) in [6, 6.07) is 5.22. The maximum atomic E-state index is 12.0. The van der Waals surface area contributed by atoms with Crippen LogP contribution in [0.5, 0.6) is 5.75 Å². The minimum absolute atomic E-state index is 0.0202. The lowest BCUT2D eigenvalue weighted by Crippen LogP contribution is -2.34. The number of benzene rings is 1. The Morgan fingerprint density at radius 1 is 1.30 bits per heavy atom. The topological polar surface area (TPSA) is 41.6 Å². The molecule has 0 fully saturated rings. The molecule has 112 valence electrons. The van der Waals surface area contributed by atoms with E-state index in [0.717, 1.165) is 25.9 Å². The first-order valence-corrected chi connectivity index (χ1v) is 7.34. The lowest BCUT2D eigenvalue weighted by Gasteiger charge is -2.20. The number of ether oxygens (including phenoxy) is 1. The molecule has 0 heterocycles. The highest BCUT2D eigenvalue weighted by Crippen LogP contribution is 2.27. The van der Waals surface area contributed by atoms with Crippen molar-refractivity contribution in [3.63, 3.8) is 0 Å². The van der Waals surface area contributed by atoms with Crippen molar-refractivity contribution in [2.45, 2.75) is 26.7 Å². The van der Waals surface area contributed by atoms with Gasteiger partial charge in [0.15, 0.2) is 0 Å². The van der Waals surface area contributed by atoms with E-state index in [1.807, 2.05) is 0 Å². The number of hydrogen-bond donors (Lipinski definition) is 1. The Hall–Kier alpha value is -1.26. The summed E-state index contributed by atoms with van der Waals surface area (Å²) < 4.78 is 5.08. The highest BCUT2D eigenvalue weighted by atomic mass is 35.5. The van der Waals surface area contributed by atoms with Crippen molar-refractivity contribution >= 4 is 23.2 Å². The third kappa shape index (κ3) is 5.39. The normalized spacial score (nSPS) is 10.7. The number of amides is 1. The smallest absolute Gasteiger partial charge is 0.238 e. The molecule has 0 saturated heterocycles. The summed E-state index contributed by atoms with van der Waals surface area (Å²) in [4.78, 5) is 14.2. The van der Waals surface area contributed by atoms with Gasteiger partial charge in [0.05, 0.1) is 18.7 Å². The first-order chi connectivity index (χ1) is 9.60. The standard InChI is InChI=1S/C15H23ClN2O2/c1-4-8-18(9-5-2)11-15(19)17-12-6-7-14(20-3)13(16)10-12/h6-7,10H,4-5,8-9,11H2,1-3H3,(H,17,19). The molecule has 0 radical (unpaired) electrons. The predicted octanol–water partition coefficient (Wildman–Crippen LogP) is 3.41. The molecule has 0 saturated carbocycles. The first-order valence-electron chi connectivity index (χ1n) is 6.96. The summed E-state index contributed by atoms with van der Waals surface area (Å²) in [5, 5.41) is 3.35. The lowest BCUT2D eigenvalue weighted by atomic mass is 10.3. The summed E-state index contributed by atoms with van der Waals surface area (Å²) in [7, 11) is 1.56. The molecule has 1 N–H and O–H groups in total. The Morgan fingerprint density at radius 3 is 2.45 bits per heavy atom. The summed E-state index contributed by atoms with van der Waals surface area (Å²) >= 11 is 6.03. The average Bonchev–Trinajstić information content (AvgIpc) is 2.39. The van der Waals surface area contributed by atoms with Crippen LogP contribution in [0.1, 0.15) is 26.7 Å². The van der Waals surface area contributed by atoms with Crippen molar-refractivity contribution in [2.75, 3.05) is 32.1 Å². The van der Waals surface area contributed by atoms with E-state index in [1.165, 1.54) is 0 Å². The number of methoxy groups -OCH3 is 1. The first kappa shape index (κ1) is 16.8. The maximum absolute atomic E-state index is 12.0. The molecule has 0 unspecified atom stereocenters. The van der Waals surface area contributed by atoms with Gasteiger partial charge in [-0.1, -0.05) is 25.4 Å². The second-order valence-electron chi connectivity index (χ2n) is 4.67. The summed E-state index contributed by atoms with van der Waals surface area (Å²) in [6.45, 7) is 6.51. The fraction of sp³-hybridized carbons (Fsp3) is 0.533. The van der Waals surface area contributed by atoms with Gasteiger partial charge in [-0.2, -0.15) is 0 Å². The highest BCUT2D eigenvalue weighted by Gasteiger charge is 2.10. The number of carbonyl (C=O) groups excluding carboxylic acids is 1. The van der Waals surface area contributed by atoms with E-state index in [1.54, 1.807) is 25.3 Å². The van der Waals surface area contributed by atoms with E-state index < -0.39 is 0 Å². The summed E-state index contributed by atoms with van der Waals surface area (Å²) in [5.74, 6) is 0.580. The van der Waals surface area contributed by atoms with Crippen LogP contribution in [0.25, 0.3) is 0 Å². The zero-order valence-electron chi connectivity index (χ0n) is 12.4. The molecule has 1 aromatic rings. The summed E-state index contributed by atoms with van der Waals surface area (Å²) in [6.07, 6.45) is 2.09. The number of rotatable bonds is 8. The van der Waals surface area contributed by atoms with Crippen LogP contribution in [0.2, 0.25) is 5.02 Å². The Bertz CT molecular complexity index is 432. The van der Waals surface area contributed by atoms with E-state index in [9.17, 15) is 4.79 Å². The number of nitrogens with one attached hydrogen (secondary N) is 1. The second kappa shape index (κ2) is 8.82. The van der Waals surface area contributed by atoms with Crippen molar-refractivity contribution in [3.05, 3.63) is 23.2 Å². The largest absolute Gasteiger partial charge is 0.495 e. The van der Waals surface area contributed by atoms with Crippen LogP contribution >= 0.6 is 11.6 Å². The van der Waals surface area contributed by atoms with Crippen molar-refractivity contribution in [1.82, 2.24) is 4.90 Å². The van der Waals surface area contributed by atoms with Gasteiger partial charge in [0.1, 0.15) is 5.75 Å². The molecule has 0 aliphatic carbocycles. The van der Waals surface area contributed by atoms with E-state index >= 15 is 0 Å². The minimum atomic E-state index is -0.0202. The molecule has 1 rings (SSSR count). The number of hydrogen-bond acceptors (Lipinski definition) is 3. The number of carbonyl (C=O) groups is 1. The SMILES string of the molecule is CCCN(CCC)CC(=O)Nc1ccc(OC)c(Cl)c1. The molecule has 4 nitrogen and oxygen atoms in total. The third-order valence-corrected chi connectivity index (χ3v) is 3.18. The van der Waals surface area contributed by atoms with Gasteiger partial charge < -0.3 is 10.1 Å². The average molecular weight is 299 g/mol. The zero-order valence-corrected chi connectivity index (χ0v) is 13.2. The van der Waals surface area contributed by atoms with Crippen molar-refractivity contribution < 1.29 is 9.53 Å². The molecule has 5 heteroatoms. The fourth-order valence-electron chi connectivity index (χ4n) is 2.05. The van der Waals surface area contributed by atoms with Crippen LogP contribution in [-0.2, 0) is 4.79 Å². The molecular weight excluding hydrogens is 276 g/mol. The van der Waals surface area contributed by atoms with Crippen LogP contribution in [0.3, 0.4) is 0 Å². The van der Waals surface area contributed by atoms with Crippen molar-refractivity contribution in [3.8, 4) is 5.75 Å². The monoisotopic (exact) mass is 298 g/mol. The number of nitrogens with zero attached hydrogens (tertiary/aromatic N) is 1. The molecule has 0 aromatic heterocycles. The molecule has 0 atom stereocenters. The van der Waals surface area contributed by atoms with Gasteiger partial charge in [0.25, 0.3) is 0 Å². The van der Waals surface area contributed by atoms with Crippen molar-refractivity contribution in [2.24, 2.45) is 0 Å². The number of anilines is 1. The Kier molecular flexibility index (Phi) is 7.41. The Balaban J connectivity index is 2.58. The van der Waals surface area contributed by atoms with Gasteiger partial charge in [0.2, 0.25) is 5.91 Å². The van der Waals surface area contributed by atoms with E-state index in [-0.39, 0.29) is 5.91 Å². The van der Waals surface area contributed by atoms with Gasteiger partial charge in [0, 0.05) is 5.69 Å². The van der Waals surface area contributed by atoms with E-state index in [2.05, 4.69) is 24.1 Å². The predicted molar refractivity (Wildman–Crippen MR) is 83.7 cm³/mol.